The van der Waals surface area contributed by atoms with Crippen molar-refractivity contribution in [1.29, 1.82) is 0 Å². The van der Waals surface area contributed by atoms with Gasteiger partial charge in [-0.15, -0.1) is 0 Å². The molecule has 12 rings (SSSR count). The van der Waals surface area contributed by atoms with Gasteiger partial charge in [0.1, 0.15) is 5.82 Å². The minimum absolute atomic E-state index is 0.448. The predicted molar refractivity (Wildman–Crippen MR) is 238 cm³/mol. The number of nitrogens with zero attached hydrogens (tertiary/aromatic N) is 6. The number of aromatic nitrogens is 6. The van der Waals surface area contributed by atoms with E-state index in [1.807, 2.05) is 18.2 Å². The fourth-order valence-electron chi connectivity index (χ4n) is 8.75. The molecule has 0 fully saturated rings. The Bertz CT molecular complexity index is 3470. The molecule has 6 nitrogen and oxygen atoms in total. The molecule has 0 N–H and O–H groups in total. The van der Waals surface area contributed by atoms with Gasteiger partial charge in [0.2, 0.25) is 0 Å². The first-order valence-corrected chi connectivity index (χ1v) is 19.5. The Hall–Kier alpha value is -7.96. The van der Waals surface area contributed by atoms with Crippen LogP contribution in [0.4, 0.5) is 0 Å². The molecular weight excluding hydrogens is 709 g/mol. The third-order valence-electron chi connectivity index (χ3n) is 11.3. The normalized spacial score (nSPS) is 11.8. The maximum Gasteiger partial charge on any atom is 0.200 e. The summed E-state index contributed by atoms with van der Waals surface area (Å²) < 4.78 is 4.58. The molecule has 8 aromatic carbocycles. The average molecular weight is 741 g/mol. The van der Waals surface area contributed by atoms with Crippen molar-refractivity contribution in [2.45, 2.75) is 0 Å². The first kappa shape index (κ1) is 32.3. The van der Waals surface area contributed by atoms with Gasteiger partial charge in [0.25, 0.3) is 0 Å². The topological polar surface area (TPSA) is 61.4 Å². The second kappa shape index (κ2) is 12.8. The number of benzene rings is 8. The van der Waals surface area contributed by atoms with Gasteiger partial charge in [0.05, 0.1) is 39.0 Å². The first-order chi connectivity index (χ1) is 28.8. The van der Waals surface area contributed by atoms with Crippen LogP contribution in [0, 0.1) is 0 Å². The largest absolute Gasteiger partial charge is 0.309 e. The zero-order valence-corrected chi connectivity index (χ0v) is 31.2. The molecule has 0 aliphatic rings. The van der Waals surface area contributed by atoms with Crippen LogP contribution >= 0.6 is 0 Å². The molecule has 12 aromatic rings. The van der Waals surface area contributed by atoms with Crippen LogP contribution in [0.1, 0.15) is 0 Å². The van der Waals surface area contributed by atoms with Crippen molar-refractivity contribution in [1.82, 2.24) is 29.1 Å². The zero-order valence-electron chi connectivity index (χ0n) is 31.2. The van der Waals surface area contributed by atoms with Crippen LogP contribution in [0.2, 0.25) is 0 Å². The Labute approximate surface area is 333 Å². The van der Waals surface area contributed by atoms with Crippen molar-refractivity contribution in [3.63, 3.8) is 0 Å². The highest BCUT2D eigenvalue weighted by atomic mass is 15.1. The fourth-order valence-corrected chi connectivity index (χ4v) is 8.75. The van der Waals surface area contributed by atoms with Crippen molar-refractivity contribution in [2.24, 2.45) is 0 Å². The van der Waals surface area contributed by atoms with Gasteiger partial charge < -0.3 is 4.57 Å². The summed E-state index contributed by atoms with van der Waals surface area (Å²) in [5.41, 5.74) is 9.92. The summed E-state index contributed by atoms with van der Waals surface area (Å²) in [5, 5.41) is 7.90. The summed E-state index contributed by atoms with van der Waals surface area (Å²) in [5.74, 6) is 1.65. The van der Waals surface area contributed by atoms with E-state index in [1.165, 1.54) is 10.8 Å². The maximum absolute atomic E-state index is 5.37. The smallest absolute Gasteiger partial charge is 0.200 e. The SMILES string of the molecule is c1ccc(-c2nc(-c3nc(-c4cccc(-n5c6ccccc6c6ccccc65)c4)cc(-n4c5ccccc5c5ccccc54)n3)nc3c2ccc2ccccc23)cc1. The molecule has 0 bridgehead atoms. The van der Waals surface area contributed by atoms with Crippen LogP contribution in [0.5, 0.6) is 0 Å². The van der Waals surface area contributed by atoms with Crippen molar-refractivity contribution in [3.05, 3.63) is 194 Å². The monoisotopic (exact) mass is 740 g/mol. The van der Waals surface area contributed by atoms with Crippen LogP contribution in [-0.2, 0) is 0 Å². The summed E-state index contributed by atoms with van der Waals surface area (Å²) in [6.45, 7) is 0. The van der Waals surface area contributed by atoms with E-state index in [-0.39, 0.29) is 0 Å². The van der Waals surface area contributed by atoms with E-state index in [4.69, 9.17) is 19.9 Å². The number of hydrogen-bond acceptors (Lipinski definition) is 4. The van der Waals surface area contributed by atoms with Crippen molar-refractivity contribution in [3.8, 4) is 45.7 Å². The van der Waals surface area contributed by atoms with Crippen molar-refractivity contribution in [2.75, 3.05) is 0 Å². The molecule has 0 aliphatic carbocycles. The summed E-state index contributed by atoms with van der Waals surface area (Å²) in [6.07, 6.45) is 0. The minimum Gasteiger partial charge on any atom is -0.309 e. The molecule has 270 valence electrons. The first-order valence-electron chi connectivity index (χ1n) is 19.5. The Morgan fingerprint density at radius 1 is 0.328 bits per heavy atom. The van der Waals surface area contributed by atoms with E-state index in [9.17, 15) is 0 Å². The van der Waals surface area contributed by atoms with Gasteiger partial charge >= 0.3 is 0 Å². The van der Waals surface area contributed by atoms with Crippen LogP contribution in [0.3, 0.4) is 0 Å². The summed E-state index contributed by atoms with van der Waals surface area (Å²) in [7, 11) is 0. The van der Waals surface area contributed by atoms with E-state index in [0.717, 1.165) is 88.5 Å². The maximum atomic E-state index is 5.37. The molecule has 58 heavy (non-hydrogen) atoms. The van der Waals surface area contributed by atoms with Gasteiger partial charge in [-0.05, 0) is 47.9 Å². The van der Waals surface area contributed by atoms with E-state index in [0.29, 0.717) is 11.6 Å². The Morgan fingerprint density at radius 3 is 1.52 bits per heavy atom. The number of para-hydroxylation sites is 4. The number of fused-ring (bicyclic) bond motifs is 9. The second-order valence-electron chi connectivity index (χ2n) is 14.7. The van der Waals surface area contributed by atoms with Gasteiger partial charge in [-0.3, -0.25) is 4.57 Å². The van der Waals surface area contributed by atoms with E-state index in [2.05, 4.69) is 185 Å². The van der Waals surface area contributed by atoms with Crippen LogP contribution in [0.15, 0.2) is 194 Å². The van der Waals surface area contributed by atoms with Gasteiger partial charge in [-0.25, -0.2) is 19.9 Å². The lowest BCUT2D eigenvalue weighted by Gasteiger charge is -2.14. The average Bonchev–Trinajstić information content (AvgIpc) is 3.82. The molecule has 0 amide bonds. The van der Waals surface area contributed by atoms with Crippen molar-refractivity contribution >= 4 is 65.3 Å². The Kier molecular flexibility index (Phi) is 7.13. The molecule has 0 saturated carbocycles. The van der Waals surface area contributed by atoms with E-state index < -0.39 is 0 Å². The van der Waals surface area contributed by atoms with Crippen molar-refractivity contribution < 1.29 is 0 Å². The highest BCUT2D eigenvalue weighted by molar-refractivity contribution is 6.11. The predicted octanol–water partition coefficient (Wildman–Crippen LogP) is 12.8. The standard InChI is InChI=1S/C52H32N6/c1-2-16-34(17-3-1)49-42-30-29-33-15-4-5-20-37(33)50(42)56-52(55-49)51-53-43(32-48(54-51)58-46-27-12-8-23-40(46)41-24-9-13-28-47(41)58)35-18-14-19-36(31-35)57-44-25-10-6-21-38(44)39-22-7-11-26-45(39)57/h1-32H. The molecule has 0 saturated heterocycles. The van der Waals surface area contributed by atoms with Crippen LogP contribution in [0.25, 0.3) is 111 Å². The Morgan fingerprint density at radius 2 is 0.862 bits per heavy atom. The zero-order chi connectivity index (χ0) is 38.2. The molecule has 6 heteroatoms. The summed E-state index contributed by atoms with van der Waals surface area (Å²) in [4.78, 5) is 21.3. The quantitative estimate of drug-likeness (QED) is 0.165. The van der Waals surface area contributed by atoms with E-state index >= 15 is 0 Å². The Balaban J connectivity index is 1.15. The fraction of sp³-hybridized carbons (Fsp3) is 0. The summed E-state index contributed by atoms with van der Waals surface area (Å²) >= 11 is 0. The molecule has 0 radical (unpaired) electrons. The second-order valence-corrected chi connectivity index (χ2v) is 14.7. The van der Waals surface area contributed by atoms with Crippen LogP contribution in [-0.4, -0.2) is 29.1 Å². The van der Waals surface area contributed by atoms with E-state index in [1.54, 1.807) is 0 Å². The molecule has 0 unspecified atom stereocenters. The van der Waals surface area contributed by atoms with Gasteiger partial charge in [0.15, 0.2) is 11.6 Å². The minimum atomic E-state index is 0.448. The van der Waals surface area contributed by atoms with Gasteiger partial charge in [0, 0.05) is 55.2 Å². The molecule has 4 heterocycles. The lowest BCUT2D eigenvalue weighted by molar-refractivity contribution is 1.03. The highest BCUT2D eigenvalue weighted by Crippen LogP contribution is 2.37. The highest BCUT2D eigenvalue weighted by Gasteiger charge is 2.21. The lowest BCUT2D eigenvalue weighted by atomic mass is 10.0. The third kappa shape index (κ3) is 4.98. The molecule has 0 aliphatic heterocycles. The number of rotatable bonds is 5. The summed E-state index contributed by atoms with van der Waals surface area (Å²) in [6, 6.07) is 67.9. The lowest BCUT2D eigenvalue weighted by Crippen LogP contribution is -2.05. The molecule has 0 atom stereocenters. The van der Waals surface area contributed by atoms with Gasteiger partial charge in [-0.1, -0.05) is 146 Å². The number of hydrogen-bond donors (Lipinski definition) is 0. The third-order valence-corrected chi connectivity index (χ3v) is 11.3. The van der Waals surface area contributed by atoms with Gasteiger partial charge in [-0.2, -0.15) is 0 Å². The molecule has 4 aromatic heterocycles. The molecule has 0 spiro atoms. The molecular formula is C52H32N6. The van der Waals surface area contributed by atoms with Crippen LogP contribution < -0.4 is 0 Å².